The Bertz CT molecular complexity index is 902. The van der Waals surface area contributed by atoms with Crippen LogP contribution >= 0.6 is 15.9 Å². The number of carboxylic acid groups (broad SMARTS) is 1. The summed E-state index contributed by atoms with van der Waals surface area (Å²) in [4.78, 5) is 37.6. The standard InChI is InChI=1S/C20H19BrN2O5/c21-15-5-1-3-13(9-15)19(26)22-16-6-2-4-14(10-16)20(27)23-7-8-28-17(12-23)11-18(24)25/h1-6,9-10,17H,7-8,11-12H2,(H,22,26)(H,24,25)/t17-/m1/s1. The zero-order valence-corrected chi connectivity index (χ0v) is 16.5. The first-order chi connectivity index (χ1) is 13.4. The Hall–Kier alpha value is -2.71. The Morgan fingerprint density at radius 3 is 2.64 bits per heavy atom. The molecule has 146 valence electrons. The van der Waals surface area contributed by atoms with Gasteiger partial charge in [0.2, 0.25) is 0 Å². The highest BCUT2D eigenvalue weighted by Gasteiger charge is 2.26. The van der Waals surface area contributed by atoms with Gasteiger partial charge in [-0.3, -0.25) is 14.4 Å². The lowest BCUT2D eigenvalue weighted by molar-refractivity contribution is -0.141. The van der Waals surface area contributed by atoms with Crippen molar-refractivity contribution in [1.82, 2.24) is 4.90 Å². The van der Waals surface area contributed by atoms with Gasteiger partial charge in [0.05, 0.1) is 19.1 Å². The molecule has 2 N–H and O–H groups in total. The number of nitrogens with one attached hydrogen (secondary N) is 1. The molecule has 0 bridgehead atoms. The summed E-state index contributed by atoms with van der Waals surface area (Å²) in [6.07, 6.45) is -0.665. The van der Waals surface area contributed by atoms with E-state index in [4.69, 9.17) is 9.84 Å². The second kappa shape index (κ2) is 8.99. The third kappa shape index (κ3) is 5.17. The highest BCUT2D eigenvalue weighted by Crippen LogP contribution is 2.18. The van der Waals surface area contributed by atoms with E-state index >= 15 is 0 Å². The first kappa shape index (κ1) is 20.0. The van der Waals surface area contributed by atoms with E-state index in [-0.39, 0.29) is 24.8 Å². The third-order valence-corrected chi connectivity index (χ3v) is 4.78. The van der Waals surface area contributed by atoms with Crippen LogP contribution in [0.4, 0.5) is 5.69 Å². The van der Waals surface area contributed by atoms with E-state index in [1.54, 1.807) is 47.4 Å². The van der Waals surface area contributed by atoms with Crippen molar-refractivity contribution in [1.29, 1.82) is 0 Å². The highest BCUT2D eigenvalue weighted by molar-refractivity contribution is 9.10. The van der Waals surface area contributed by atoms with Crippen LogP contribution in [0.2, 0.25) is 0 Å². The smallest absolute Gasteiger partial charge is 0.306 e. The Kier molecular flexibility index (Phi) is 6.43. The van der Waals surface area contributed by atoms with Gasteiger partial charge in [0.25, 0.3) is 11.8 Å². The number of aliphatic carboxylic acids is 1. The SMILES string of the molecule is O=C(O)C[C@@H]1CN(C(=O)c2cccc(NC(=O)c3cccc(Br)c3)c2)CCO1. The van der Waals surface area contributed by atoms with Gasteiger partial charge >= 0.3 is 5.97 Å². The minimum absolute atomic E-state index is 0.146. The molecule has 2 amide bonds. The van der Waals surface area contributed by atoms with E-state index in [2.05, 4.69) is 21.2 Å². The molecule has 8 heteroatoms. The van der Waals surface area contributed by atoms with Crippen LogP contribution in [-0.2, 0) is 9.53 Å². The lowest BCUT2D eigenvalue weighted by atomic mass is 10.1. The number of nitrogens with zero attached hydrogens (tertiary/aromatic N) is 1. The number of carbonyl (C=O) groups is 3. The van der Waals surface area contributed by atoms with Gasteiger partial charge in [-0.05, 0) is 36.4 Å². The molecule has 3 rings (SSSR count). The molecular weight excluding hydrogens is 428 g/mol. The first-order valence-electron chi connectivity index (χ1n) is 8.72. The topological polar surface area (TPSA) is 95.9 Å². The molecule has 0 unspecified atom stereocenters. The zero-order valence-electron chi connectivity index (χ0n) is 14.9. The molecule has 0 aromatic heterocycles. The van der Waals surface area contributed by atoms with E-state index in [1.165, 1.54) is 0 Å². The predicted molar refractivity (Wildman–Crippen MR) is 106 cm³/mol. The molecule has 1 fully saturated rings. The van der Waals surface area contributed by atoms with Crippen LogP contribution in [0.3, 0.4) is 0 Å². The summed E-state index contributed by atoms with van der Waals surface area (Å²) in [7, 11) is 0. The molecule has 1 atom stereocenters. The Labute approximate surface area is 170 Å². The van der Waals surface area contributed by atoms with Gasteiger partial charge < -0.3 is 20.1 Å². The van der Waals surface area contributed by atoms with Crippen molar-refractivity contribution in [3.63, 3.8) is 0 Å². The second-order valence-electron chi connectivity index (χ2n) is 6.39. The summed E-state index contributed by atoms with van der Waals surface area (Å²) in [5.41, 5.74) is 1.42. The molecular formula is C20H19BrN2O5. The molecule has 1 heterocycles. The van der Waals surface area contributed by atoms with Crippen LogP contribution in [0.15, 0.2) is 53.0 Å². The van der Waals surface area contributed by atoms with Crippen molar-refractivity contribution < 1.29 is 24.2 Å². The Morgan fingerprint density at radius 2 is 1.89 bits per heavy atom. The molecule has 2 aromatic carbocycles. The van der Waals surface area contributed by atoms with Gasteiger partial charge in [0.15, 0.2) is 0 Å². The number of carbonyl (C=O) groups excluding carboxylic acids is 2. The fourth-order valence-electron chi connectivity index (χ4n) is 2.97. The van der Waals surface area contributed by atoms with E-state index in [0.29, 0.717) is 30.0 Å². The molecule has 7 nitrogen and oxygen atoms in total. The molecule has 1 aliphatic rings. The molecule has 2 aromatic rings. The average Bonchev–Trinajstić information content (AvgIpc) is 2.67. The van der Waals surface area contributed by atoms with Gasteiger partial charge in [-0.25, -0.2) is 0 Å². The van der Waals surface area contributed by atoms with Crippen LogP contribution < -0.4 is 5.32 Å². The normalized spacial score (nSPS) is 16.5. The predicted octanol–water partition coefficient (Wildman–Crippen LogP) is 3.02. The van der Waals surface area contributed by atoms with E-state index in [0.717, 1.165) is 4.47 Å². The van der Waals surface area contributed by atoms with Crippen LogP contribution in [0.5, 0.6) is 0 Å². The minimum atomic E-state index is -0.962. The quantitative estimate of drug-likeness (QED) is 0.735. The number of hydrogen-bond acceptors (Lipinski definition) is 4. The zero-order chi connectivity index (χ0) is 20.1. The number of rotatable bonds is 5. The summed E-state index contributed by atoms with van der Waals surface area (Å²) in [5.74, 6) is -1.47. The third-order valence-electron chi connectivity index (χ3n) is 4.28. The van der Waals surface area contributed by atoms with Crippen molar-refractivity contribution in [2.45, 2.75) is 12.5 Å². The molecule has 28 heavy (non-hydrogen) atoms. The van der Waals surface area contributed by atoms with Crippen molar-refractivity contribution in [3.05, 3.63) is 64.1 Å². The van der Waals surface area contributed by atoms with Crippen molar-refractivity contribution in [3.8, 4) is 0 Å². The molecule has 1 aliphatic heterocycles. The number of anilines is 1. The molecule has 0 radical (unpaired) electrons. The molecule has 0 spiro atoms. The van der Waals surface area contributed by atoms with E-state index in [1.807, 2.05) is 6.07 Å². The fourth-order valence-corrected chi connectivity index (χ4v) is 3.37. The van der Waals surface area contributed by atoms with Crippen LogP contribution in [0.25, 0.3) is 0 Å². The van der Waals surface area contributed by atoms with Crippen molar-refractivity contribution in [2.24, 2.45) is 0 Å². The van der Waals surface area contributed by atoms with Gasteiger partial charge in [0, 0.05) is 34.4 Å². The van der Waals surface area contributed by atoms with Crippen LogP contribution in [0, 0.1) is 0 Å². The molecule has 1 saturated heterocycles. The number of halogens is 1. The summed E-state index contributed by atoms with van der Waals surface area (Å²) >= 11 is 3.33. The van der Waals surface area contributed by atoms with Gasteiger partial charge in [-0.1, -0.05) is 28.1 Å². The van der Waals surface area contributed by atoms with Crippen molar-refractivity contribution >= 4 is 39.4 Å². The largest absolute Gasteiger partial charge is 0.481 e. The maximum Gasteiger partial charge on any atom is 0.306 e. The summed E-state index contributed by atoms with van der Waals surface area (Å²) < 4.78 is 6.20. The lowest BCUT2D eigenvalue weighted by Gasteiger charge is -2.32. The van der Waals surface area contributed by atoms with Gasteiger partial charge in [-0.15, -0.1) is 0 Å². The fraction of sp³-hybridized carbons (Fsp3) is 0.250. The van der Waals surface area contributed by atoms with E-state index in [9.17, 15) is 14.4 Å². The first-order valence-corrected chi connectivity index (χ1v) is 9.51. The van der Waals surface area contributed by atoms with Crippen LogP contribution in [-0.4, -0.2) is 53.6 Å². The lowest BCUT2D eigenvalue weighted by Crippen LogP contribution is -2.46. The number of benzene rings is 2. The van der Waals surface area contributed by atoms with Gasteiger partial charge in [-0.2, -0.15) is 0 Å². The minimum Gasteiger partial charge on any atom is -0.481 e. The highest BCUT2D eigenvalue weighted by atomic mass is 79.9. The van der Waals surface area contributed by atoms with E-state index < -0.39 is 12.1 Å². The summed E-state index contributed by atoms with van der Waals surface area (Å²) in [6, 6.07) is 13.7. The average molecular weight is 447 g/mol. The maximum atomic E-state index is 12.8. The second-order valence-corrected chi connectivity index (χ2v) is 7.30. The summed E-state index contributed by atoms with van der Waals surface area (Å²) in [6.45, 7) is 0.909. The number of carboxylic acids is 1. The number of ether oxygens (including phenoxy) is 1. The summed E-state index contributed by atoms with van der Waals surface area (Å²) in [5, 5.41) is 11.7. The molecule has 0 aliphatic carbocycles. The number of morpholine rings is 1. The number of hydrogen-bond donors (Lipinski definition) is 2. The van der Waals surface area contributed by atoms with Crippen molar-refractivity contribution in [2.75, 3.05) is 25.0 Å². The monoisotopic (exact) mass is 446 g/mol. The Morgan fingerprint density at radius 1 is 1.14 bits per heavy atom. The van der Waals surface area contributed by atoms with Crippen LogP contribution in [0.1, 0.15) is 27.1 Å². The maximum absolute atomic E-state index is 12.8. The Balaban J connectivity index is 1.69. The molecule has 0 saturated carbocycles. The number of amides is 2. The van der Waals surface area contributed by atoms with Gasteiger partial charge in [0.1, 0.15) is 0 Å².